The molecule has 1 saturated heterocycles. The number of rotatable bonds is 6. The molecule has 1 aliphatic rings. The van der Waals surface area contributed by atoms with E-state index in [1.807, 2.05) is 0 Å². The van der Waals surface area contributed by atoms with Crippen LogP contribution in [-0.2, 0) is 11.0 Å². The number of hydrogen-bond donors (Lipinski definition) is 1. The van der Waals surface area contributed by atoms with Crippen LogP contribution < -0.4 is 19.7 Å². The number of benzene rings is 2. The zero-order valence-corrected chi connectivity index (χ0v) is 16.3. The second-order valence-electron chi connectivity index (χ2n) is 6.49. The number of nitrogens with one attached hydrogen (secondary N) is 1. The van der Waals surface area contributed by atoms with E-state index in [4.69, 9.17) is 9.47 Å². The van der Waals surface area contributed by atoms with E-state index in [0.717, 1.165) is 6.07 Å². The number of para-hydroxylation sites is 1. The van der Waals surface area contributed by atoms with E-state index >= 15 is 0 Å². The minimum Gasteiger partial charge on any atom is -0.493 e. The first-order valence-electron chi connectivity index (χ1n) is 8.99. The topological polar surface area (TPSA) is 71.1 Å². The van der Waals surface area contributed by atoms with Gasteiger partial charge in [-0.05, 0) is 24.3 Å². The van der Waals surface area contributed by atoms with E-state index < -0.39 is 23.7 Å². The fourth-order valence-corrected chi connectivity index (χ4v) is 3.16. The maximum Gasteiger partial charge on any atom is 0.418 e. The third kappa shape index (κ3) is 4.42. The molecule has 0 bridgehead atoms. The van der Waals surface area contributed by atoms with Crippen molar-refractivity contribution < 1.29 is 32.2 Å². The summed E-state index contributed by atoms with van der Waals surface area (Å²) in [5, 5.41) is 2.24. The van der Waals surface area contributed by atoms with Crippen molar-refractivity contribution in [3.05, 3.63) is 48.0 Å². The van der Waals surface area contributed by atoms with Crippen LogP contribution in [0.2, 0.25) is 0 Å². The number of amides is 3. The van der Waals surface area contributed by atoms with Crippen LogP contribution in [0.1, 0.15) is 5.56 Å². The van der Waals surface area contributed by atoms with Gasteiger partial charge in [0.1, 0.15) is 6.54 Å². The summed E-state index contributed by atoms with van der Waals surface area (Å²) in [5.41, 5.74) is -0.737. The molecule has 30 heavy (non-hydrogen) atoms. The van der Waals surface area contributed by atoms with Crippen molar-refractivity contribution in [2.75, 3.05) is 44.1 Å². The molecule has 7 nitrogen and oxygen atoms in total. The van der Waals surface area contributed by atoms with E-state index in [1.54, 1.807) is 18.2 Å². The molecule has 160 valence electrons. The number of halogens is 3. The maximum absolute atomic E-state index is 13.1. The average Bonchev–Trinajstić information content (AvgIpc) is 3.07. The summed E-state index contributed by atoms with van der Waals surface area (Å²) >= 11 is 0. The first-order valence-corrected chi connectivity index (χ1v) is 8.99. The predicted octanol–water partition coefficient (Wildman–Crippen LogP) is 3.60. The van der Waals surface area contributed by atoms with Crippen molar-refractivity contribution in [3.8, 4) is 11.5 Å². The monoisotopic (exact) mass is 423 g/mol. The molecule has 1 aliphatic heterocycles. The highest BCUT2D eigenvalue weighted by atomic mass is 19.4. The Morgan fingerprint density at radius 3 is 2.43 bits per heavy atom. The van der Waals surface area contributed by atoms with Crippen molar-refractivity contribution >= 4 is 23.3 Å². The quantitative estimate of drug-likeness (QED) is 0.771. The Balaban J connectivity index is 1.68. The lowest BCUT2D eigenvalue weighted by molar-refractivity contribution is -0.137. The number of alkyl halides is 3. The Morgan fingerprint density at radius 1 is 1.07 bits per heavy atom. The highest BCUT2D eigenvalue weighted by Crippen LogP contribution is 2.35. The molecule has 0 radical (unpaired) electrons. The van der Waals surface area contributed by atoms with Gasteiger partial charge in [0, 0.05) is 24.8 Å². The summed E-state index contributed by atoms with van der Waals surface area (Å²) in [4.78, 5) is 27.7. The fraction of sp³-hybridized carbons (Fsp3) is 0.300. The zero-order chi connectivity index (χ0) is 21.9. The normalized spacial score (nSPS) is 14.1. The van der Waals surface area contributed by atoms with Gasteiger partial charge in [0.15, 0.2) is 11.5 Å². The molecule has 1 heterocycles. The largest absolute Gasteiger partial charge is 0.493 e. The number of methoxy groups -OCH3 is 2. The third-order valence-electron chi connectivity index (χ3n) is 4.61. The van der Waals surface area contributed by atoms with Crippen molar-refractivity contribution in [2.24, 2.45) is 0 Å². The zero-order valence-electron chi connectivity index (χ0n) is 16.3. The van der Waals surface area contributed by atoms with Crippen LogP contribution in [-0.4, -0.2) is 50.7 Å². The summed E-state index contributed by atoms with van der Waals surface area (Å²) in [7, 11) is 2.97. The second-order valence-corrected chi connectivity index (χ2v) is 6.49. The molecule has 2 aromatic carbocycles. The van der Waals surface area contributed by atoms with Gasteiger partial charge in [-0.1, -0.05) is 12.1 Å². The molecule has 3 amide bonds. The van der Waals surface area contributed by atoms with Gasteiger partial charge in [0.05, 0.1) is 25.5 Å². The van der Waals surface area contributed by atoms with Crippen LogP contribution in [0.5, 0.6) is 11.5 Å². The van der Waals surface area contributed by atoms with Crippen LogP contribution in [0, 0.1) is 0 Å². The molecule has 0 aliphatic carbocycles. The summed E-state index contributed by atoms with van der Waals surface area (Å²) in [6.45, 7) is 0.205. The van der Waals surface area contributed by atoms with Gasteiger partial charge in [-0.2, -0.15) is 13.2 Å². The van der Waals surface area contributed by atoms with E-state index in [1.165, 1.54) is 42.2 Å². The van der Waals surface area contributed by atoms with Crippen LogP contribution in [0.15, 0.2) is 42.5 Å². The lowest BCUT2D eigenvalue weighted by Crippen LogP contribution is -2.37. The molecule has 10 heteroatoms. The van der Waals surface area contributed by atoms with E-state index in [9.17, 15) is 22.8 Å². The summed E-state index contributed by atoms with van der Waals surface area (Å²) < 4.78 is 49.6. The molecule has 0 spiro atoms. The molecule has 2 aromatic rings. The Labute approximate surface area is 171 Å². The van der Waals surface area contributed by atoms with Gasteiger partial charge in [0.2, 0.25) is 5.91 Å². The molecule has 0 saturated carbocycles. The number of urea groups is 1. The van der Waals surface area contributed by atoms with Gasteiger partial charge < -0.3 is 19.7 Å². The molecule has 0 aromatic heterocycles. The molecular formula is C20H20F3N3O4. The first kappa shape index (κ1) is 21.3. The number of nitrogens with zero attached hydrogens (tertiary/aromatic N) is 2. The molecule has 0 atom stereocenters. The van der Waals surface area contributed by atoms with Gasteiger partial charge >= 0.3 is 12.2 Å². The third-order valence-corrected chi connectivity index (χ3v) is 4.61. The SMILES string of the molecule is COc1ccc(N2CCN(CC(=O)Nc3ccccc3C(F)(F)F)C2=O)cc1OC. The number of carbonyl (C=O) groups excluding carboxylic acids is 2. The second kappa shape index (κ2) is 8.52. The van der Waals surface area contributed by atoms with E-state index in [2.05, 4.69) is 5.32 Å². The molecule has 1 N–H and O–H groups in total. The number of ether oxygens (including phenoxy) is 2. The van der Waals surface area contributed by atoms with Crippen molar-refractivity contribution in [3.63, 3.8) is 0 Å². The van der Waals surface area contributed by atoms with Crippen molar-refractivity contribution in [1.82, 2.24) is 4.90 Å². The molecule has 3 rings (SSSR count). The number of anilines is 2. The van der Waals surface area contributed by atoms with Crippen LogP contribution in [0.3, 0.4) is 0 Å². The standard InChI is InChI=1S/C20H20F3N3O4/c1-29-16-8-7-13(11-17(16)30-2)26-10-9-25(19(26)28)12-18(27)24-15-6-4-3-5-14(15)20(21,22)23/h3-8,11H,9-10,12H2,1-2H3,(H,24,27). The number of hydrogen-bond acceptors (Lipinski definition) is 4. The van der Waals surface area contributed by atoms with E-state index in [0.29, 0.717) is 23.7 Å². The summed E-state index contributed by atoms with van der Waals surface area (Å²) in [5.74, 6) is 0.240. The Kier molecular flexibility index (Phi) is 6.04. The molecular weight excluding hydrogens is 403 g/mol. The lowest BCUT2D eigenvalue weighted by atomic mass is 10.1. The summed E-state index contributed by atoms with van der Waals surface area (Å²) in [6, 6.07) is 9.24. The predicted molar refractivity (Wildman–Crippen MR) is 104 cm³/mol. The van der Waals surface area contributed by atoms with Gasteiger partial charge in [0.25, 0.3) is 0 Å². The highest BCUT2D eigenvalue weighted by Gasteiger charge is 2.35. The Bertz CT molecular complexity index is 949. The fourth-order valence-electron chi connectivity index (χ4n) is 3.16. The van der Waals surface area contributed by atoms with E-state index in [-0.39, 0.29) is 18.8 Å². The molecule has 1 fully saturated rings. The van der Waals surface area contributed by atoms with Crippen molar-refractivity contribution in [1.29, 1.82) is 0 Å². The van der Waals surface area contributed by atoms with Gasteiger partial charge in [-0.25, -0.2) is 4.79 Å². The lowest BCUT2D eigenvalue weighted by Gasteiger charge is -2.20. The van der Waals surface area contributed by atoms with Crippen LogP contribution >= 0.6 is 0 Å². The Hall–Kier alpha value is -3.43. The first-order chi connectivity index (χ1) is 14.2. The maximum atomic E-state index is 13.1. The van der Waals surface area contributed by atoms with Crippen molar-refractivity contribution in [2.45, 2.75) is 6.18 Å². The van der Waals surface area contributed by atoms with Gasteiger partial charge in [-0.15, -0.1) is 0 Å². The van der Waals surface area contributed by atoms with Crippen LogP contribution in [0.4, 0.5) is 29.3 Å². The minimum absolute atomic E-state index is 0.252. The van der Waals surface area contributed by atoms with Gasteiger partial charge in [-0.3, -0.25) is 9.69 Å². The Morgan fingerprint density at radius 2 is 1.77 bits per heavy atom. The average molecular weight is 423 g/mol. The summed E-state index contributed by atoms with van der Waals surface area (Å²) in [6.07, 6.45) is -4.60. The highest BCUT2D eigenvalue weighted by molar-refractivity contribution is 5.99. The molecule has 0 unspecified atom stereocenters. The number of carbonyl (C=O) groups is 2. The van der Waals surface area contributed by atoms with Crippen LogP contribution in [0.25, 0.3) is 0 Å². The smallest absolute Gasteiger partial charge is 0.418 e. The minimum atomic E-state index is -4.60.